The van der Waals surface area contributed by atoms with Gasteiger partial charge in [-0.3, -0.25) is 4.79 Å². The Labute approximate surface area is 165 Å². The number of carbonyl (C=O) groups is 2. The third-order valence-electron chi connectivity index (χ3n) is 6.29. The molecular formula is C19H21ClF3N3O2. The van der Waals surface area contributed by atoms with Crippen LogP contribution in [0, 0.1) is 23.6 Å². The maximum absolute atomic E-state index is 13.6. The number of benzene rings is 1. The van der Waals surface area contributed by atoms with Crippen LogP contribution in [0.15, 0.2) is 18.2 Å². The molecule has 3 aliphatic rings. The highest BCUT2D eigenvalue weighted by Crippen LogP contribution is 2.67. The van der Waals surface area contributed by atoms with Gasteiger partial charge in [0.05, 0.1) is 11.1 Å². The molecule has 1 aromatic rings. The quantitative estimate of drug-likeness (QED) is 0.795. The maximum Gasteiger partial charge on any atom is 0.318 e. The van der Waals surface area contributed by atoms with Gasteiger partial charge in [0.1, 0.15) is 11.9 Å². The van der Waals surface area contributed by atoms with E-state index in [4.69, 9.17) is 11.6 Å². The van der Waals surface area contributed by atoms with E-state index in [0.717, 1.165) is 0 Å². The van der Waals surface area contributed by atoms with E-state index in [1.165, 1.54) is 23.1 Å². The third-order valence-corrected chi connectivity index (χ3v) is 6.58. The summed E-state index contributed by atoms with van der Waals surface area (Å²) < 4.78 is 40.9. The number of hydrogen-bond acceptors (Lipinski definition) is 2. The van der Waals surface area contributed by atoms with Gasteiger partial charge in [0, 0.05) is 24.9 Å². The maximum atomic E-state index is 13.6. The van der Waals surface area contributed by atoms with Crippen molar-refractivity contribution in [2.45, 2.75) is 37.8 Å². The van der Waals surface area contributed by atoms with Crippen molar-refractivity contribution in [3.8, 4) is 0 Å². The number of fused-ring (bicyclic) bond motifs is 1. The lowest BCUT2D eigenvalue weighted by molar-refractivity contribution is -0.126. The summed E-state index contributed by atoms with van der Waals surface area (Å²) in [6, 6.07) is 2.49. The van der Waals surface area contributed by atoms with Gasteiger partial charge >= 0.3 is 6.03 Å². The Bertz CT molecular complexity index is 808. The van der Waals surface area contributed by atoms with Gasteiger partial charge in [-0.25, -0.2) is 18.0 Å². The van der Waals surface area contributed by atoms with Crippen LogP contribution in [-0.4, -0.2) is 41.9 Å². The number of amides is 3. The van der Waals surface area contributed by atoms with Crippen LogP contribution in [0.25, 0.3) is 0 Å². The molecule has 0 radical (unpaired) electrons. The Hall–Kier alpha value is -1.96. The summed E-state index contributed by atoms with van der Waals surface area (Å²) in [5, 5.41) is 5.49. The highest BCUT2D eigenvalue weighted by atomic mass is 35.5. The average Bonchev–Trinajstić information content (AvgIpc) is 2.99. The molecule has 0 aromatic heterocycles. The van der Waals surface area contributed by atoms with Crippen molar-refractivity contribution in [1.82, 2.24) is 15.5 Å². The van der Waals surface area contributed by atoms with Crippen LogP contribution in [0.5, 0.6) is 0 Å². The second kappa shape index (κ2) is 6.83. The molecule has 2 aliphatic carbocycles. The predicted molar refractivity (Wildman–Crippen MR) is 96.5 cm³/mol. The summed E-state index contributed by atoms with van der Waals surface area (Å²) in [5.41, 5.74) is 0.573. The lowest BCUT2D eigenvalue weighted by Crippen LogP contribution is -2.58. The van der Waals surface area contributed by atoms with Crippen LogP contribution in [0.3, 0.4) is 0 Å². The number of halogens is 4. The van der Waals surface area contributed by atoms with Crippen LogP contribution in [0.2, 0.25) is 5.02 Å². The Morgan fingerprint density at radius 2 is 2.04 bits per heavy atom. The molecule has 4 rings (SSSR count). The van der Waals surface area contributed by atoms with Crippen molar-refractivity contribution >= 4 is 23.5 Å². The number of rotatable bonds is 3. The van der Waals surface area contributed by atoms with Gasteiger partial charge in [-0.15, -0.1) is 0 Å². The molecule has 1 heterocycles. The number of hydrogen-bond donors (Lipinski definition) is 2. The molecule has 0 spiro atoms. The summed E-state index contributed by atoms with van der Waals surface area (Å²) in [5.74, 6) is -4.97. The molecule has 1 aromatic carbocycles. The van der Waals surface area contributed by atoms with E-state index in [0.29, 0.717) is 18.7 Å². The fraction of sp³-hybridized carbons (Fsp3) is 0.579. The zero-order valence-corrected chi connectivity index (χ0v) is 16.0. The zero-order valence-electron chi connectivity index (χ0n) is 15.2. The zero-order chi connectivity index (χ0) is 20.2. The van der Waals surface area contributed by atoms with E-state index in [-0.39, 0.29) is 29.7 Å². The number of alkyl halides is 2. The summed E-state index contributed by atoms with van der Waals surface area (Å²) in [6.07, 6.45) is 0.571. The van der Waals surface area contributed by atoms with Gasteiger partial charge in [0.15, 0.2) is 0 Å². The Morgan fingerprint density at radius 3 is 2.68 bits per heavy atom. The van der Waals surface area contributed by atoms with Crippen molar-refractivity contribution < 1.29 is 22.8 Å². The van der Waals surface area contributed by atoms with Gasteiger partial charge < -0.3 is 15.5 Å². The van der Waals surface area contributed by atoms with Crippen molar-refractivity contribution in [3.05, 3.63) is 34.6 Å². The summed E-state index contributed by atoms with van der Waals surface area (Å²) in [4.78, 5) is 26.1. The molecule has 2 saturated carbocycles. The first-order valence-electron chi connectivity index (χ1n) is 9.37. The minimum Gasteiger partial charge on any atom is -0.353 e. The minimum absolute atomic E-state index is 0.0871. The number of urea groups is 1. The van der Waals surface area contributed by atoms with Crippen LogP contribution >= 0.6 is 11.6 Å². The SMILES string of the molecule is C[C@@H]1C(=O)NCCN1C(=O)N[C@H](c1ccc(F)c(Cl)c1)C1C[C@@H]2[C@H](C1)C2(F)F. The van der Waals surface area contributed by atoms with E-state index in [9.17, 15) is 22.8 Å². The third kappa shape index (κ3) is 3.21. The van der Waals surface area contributed by atoms with Crippen molar-refractivity contribution in [1.29, 1.82) is 0 Å². The molecule has 0 bridgehead atoms. The fourth-order valence-electron chi connectivity index (χ4n) is 4.58. The Kier molecular flexibility index (Phi) is 4.72. The van der Waals surface area contributed by atoms with Gasteiger partial charge in [-0.2, -0.15) is 0 Å². The van der Waals surface area contributed by atoms with E-state index >= 15 is 0 Å². The number of nitrogens with one attached hydrogen (secondary N) is 2. The van der Waals surface area contributed by atoms with Gasteiger partial charge in [-0.1, -0.05) is 17.7 Å². The van der Waals surface area contributed by atoms with E-state index in [1.54, 1.807) is 6.92 Å². The van der Waals surface area contributed by atoms with Crippen molar-refractivity contribution in [2.75, 3.05) is 13.1 Å². The van der Waals surface area contributed by atoms with Crippen LogP contribution < -0.4 is 10.6 Å². The second-order valence-electron chi connectivity index (χ2n) is 7.88. The number of carbonyl (C=O) groups excluding carboxylic acids is 2. The van der Waals surface area contributed by atoms with E-state index < -0.39 is 41.7 Å². The van der Waals surface area contributed by atoms with Crippen LogP contribution in [-0.2, 0) is 4.79 Å². The molecule has 1 saturated heterocycles. The first kappa shape index (κ1) is 19.4. The monoisotopic (exact) mass is 415 g/mol. The standard InChI is InChI=1S/C19H21ClF3N3O2/c1-9-17(27)24-4-5-26(9)18(28)25-16(10-2-3-15(21)14(20)8-10)11-6-12-13(7-11)19(12,22)23/h2-3,8-9,11-13,16H,4-7H2,1H3,(H,24,27)(H,25,28)/t9-,11?,12-,13+,16-/m1/s1. The summed E-state index contributed by atoms with van der Waals surface area (Å²) >= 11 is 5.90. The molecular weight excluding hydrogens is 395 g/mol. The lowest BCUT2D eigenvalue weighted by atomic mass is 9.88. The average molecular weight is 416 g/mol. The van der Waals surface area contributed by atoms with Crippen LogP contribution in [0.1, 0.15) is 31.4 Å². The van der Waals surface area contributed by atoms with Crippen molar-refractivity contribution in [2.24, 2.45) is 17.8 Å². The largest absolute Gasteiger partial charge is 0.353 e. The fourth-order valence-corrected chi connectivity index (χ4v) is 4.77. The van der Waals surface area contributed by atoms with Crippen molar-refractivity contribution in [3.63, 3.8) is 0 Å². The Balaban J connectivity index is 1.56. The minimum atomic E-state index is -2.62. The lowest BCUT2D eigenvalue weighted by Gasteiger charge is -2.35. The molecule has 3 amide bonds. The highest BCUT2D eigenvalue weighted by Gasteiger charge is 2.72. The van der Waals surface area contributed by atoms with Gasteiger partial charge in [0.2, 0.25) is 5.91 Å². The predicted octanol–water partition coefficient (Wildman–Crippen LogP) is 3.34. The second-order valence-corrected chi connectivity index (χ2v) is 8.29. The first-order chi connectivity index (χ1) is 13.2. The molecule has 152 valence electrons. The smallest absolute Gasteiger partial charge is 0.318 e. The topological polar surface area (TPSA) is 61.4 Å². The molecule has 3 fully saturated rings. The molecule has 1 unspecified atom stereocenters. The summed E-state index contributed by atoms with van der Waals surface area (Å²) in [6.45, 7) is 2.33. The first-order valence-corrected chi connectivity index (χ1v) is 9.75. The molecule has 28 heavy (non-hydrogen) atoms. The number of nitrogens with zero attached hydrogens (tertiary/aromatic N) is 1. The van der Waals surface area contributed by atoms with Crippen LogP contribution in [0.4, 0.5) is 18.0 Å². The number of piperazine rings is 1. The molecule has 1 aliphatic heterocycles. The summed E-state index contributed by atoms with van der Waals surface area (Å²) in [7, 11) is 0. The normalized spacial score (nSPS) is 31.8. The Morgan fingerprint density at radius 1 is 1.36 bits per heavy atom. The molecule has 5 atom stereocenters. The van der Waals surface area contributed by atoms with E-state index in [2.05, 4.69) is 10.6 Å². The molecule has 2 N–H and O–H groups in total. The molecule has 9 heteroatoms. The van der Waals surface area contributed by atoms with Gasteiger partial charge in [0.25, 0.3) is 5.92 Å². The van der Waals surface area contributed by atoms with Gasteiger partial charge in [-0.05, 0) is 43.4 Å². The van der Waals surface area contributed by atoms with E-state index in [1.807, 2.05) is 0 Å². The highest BCUT2D eigenvalue weighted by molar-refractivity contribution is 6.30. The molecule has 5 nitrogen and oxygen atoms in total.